The lowest BCUT2D eigenvalue weighted by atomic mass is 10.0. The van der Waals surface area contributed by atoms with Crippen LogP contribution in [0.1, 0.15) is 38.7 Å². The van der Waals surface area contributed by atoms with E-state index >= 15 is 0 Å². The lowest BCUT2D eigenvalue weighted by Gasteiger charge is -2.36. The molecule has 1 unspecified atom stereocenters. The van der Waals surface area contributed by atoms with Gasteiger partial charge in [0.1, 0.15) is 6.04 Å². The lowest BCUT2D eigenvalue weighted by molar-refractivity contribution is -0.143. The van der Waals surface area contributed by atoms with E-state index in [1.165, 1.54) is 4.31 Å². The van der Waals surface area contributed by atoms with E-state index in [4.69, 9.17) is 0 Å². The quantitative estimate of drug-likeness (QED) is 0.845. The third-order valence-electron chi connectivity index (χ3n) is 4.57. The van der Waals surface area contributed by atoms with Crippen molar-refractivity contribution in [2.75, 3.05) is 26.2 Å². The summed E-state index contributed by atoms with van der Waals surface area (Å²) in [5.41, 5.74) is 1.10. The normalized spacial score (nSPS) is 18.7. The molecule has 6 nitrogen and oxygen atoms in total. The summed E-state index contributed by atoms with van der Waals surface area (Å²) in [5.74, 6) is -0.495. The molecule has 0 saturated carbocycles. The number of hydrogen-bond donors (Lipinski definition) is 1. The second-order valence-electron chi connectivity index (χ2n) is 6.43. The molecule has 1 saturated heterocycles. The topological polar surface area (TPSA) is 77.9 Å². The molecule has 1 aliphatic heterocycles. The van der Waals surface area contributed by atoms with Gasteiger partial charge < -0.3 is 5.11 Å². The average Bonchev–Trinajstić information content (AvgIpc) is 2.55. The number of piperazine rings is 1. The number of nitrogens with zero attached hydrogens (tertiary/aromatic N) is 2. The van der Waals surface area contributed by atoms with Crippen LogP contribution < -0.4 is 0 Å². The summed E-state index contributed by atoms with van der Waals surface area (Å²) in [4.78, 5) is 13.4. The van der Waals surface area contributed by atoms with Crippen LogP contribution in [0.25, 0.3) is 0 Å². The monoisotopic (exact) mass is 354 g/mol. The molecule has 1 atom stereocenters. The van der Waals surface area contributed by atoms with Gasteiger partial charge in [0, 0.05) is 26.2 Å². The van der Waals surface area contributed by atoms with Crippen molar-refractivity contribution in [2.24, 2.45) is 0 Å². The lowest BCUT2D eigenvalue weighted by Crippen LogP contribution is -2.53. The zero-order valence-electron chi connectivity index (χ0n) is 14.5. The van der Waals surface area contributed by atoms with Crippen LogP contribution in [-0.2, 0) is 14.8 Å². The van der Waals surface area contributed by atoms with Gasteiger partial charge in [-0.2, -0.15) is 4.31 Å². The largest absolute Gasteiger partial charge is 0.480 e. The molecule has 0 aliphatic carbocycles. The van der Waals surface area contributed by atoms with Crippen molar-refractivity contribution in [3.8, 4) is 0 Å². The van der Waals surface area contributed by atoms with Crippen LogP contribution >= 0.6 is 0 Å². The standard InChI is InChI=1S/C17H26N2O4S/c1-4-16(17(20)21)18-9-11-19(12-10-18)24(22,23)15-7-5-14(6-8-15)13(2)3/h5-8,13,16H,4,9-12H2,1-3H3,(H,20,21). The number of carbonyl (C=O) groups is 1. The predicted molar refractivity (Wildman–Crippen MR) is 92.6 cm³/mol. The number of aliphatic carboxylic acids is 1. The van der Waals surface area contributed by atoms with Crippen molar-refractivity contribution < 1.29 is 18.3 Å². The number of sulfonamides is 1. The molecule has 0 radical (unpaired) electrons. The number of carboxylic acid groups (broad SMARTS) is 1. The number of rotatable bonds is 6. The molecule has 0 amide bonds. The minimum atomic E-state index is -3.52. The molecule has 1 N–H and O–H groups in total. The number of benzene rings is 1. The molecule has 0 aromatic heterocycles. The first-order chi connectivity index (χ1) is 11.3. The maximum atomic E-state index is 12.7. The number of carboxylic acids is 1. The molecule has 2 rings (SSSR count). The van der Waals surface area contributed by atoms with Crippen LogP contribution in [0.5, 0.6) is 0 Å². The highest BCUT2D eigenvalue weighted by Crippen LogP contribution is 2.22. The maximum absolute atomic E-state index is 12.7. The molecular formula is C17H26N2O4S. The molecule has 1 aromatic carbocycles. The predicted octanol–water partition coefficient (Wildman–Crippen LogP) is 1.98. The third kappa shape index (κ3) is 3.96. The molecule has 1 heterocycles. The van der Waals surface area contributed by atoms with E-state index in [0.717, 1.165) is 5.56 Å². The highest BCUT2D eigenvalue weighted by molar-refractivity contribution is 7.89. The third-order valence-corrected chi connectivity index (χ3v) is 6.48. The smallest absolute Gasteiger partial charge is 0.320 e. The Labute approximate surface area is 144 Å². The fraction of sp³-hybridized carbons (Fsp3) is 0.588. The van der Waals surface area contributed by atoms with E-state index in [-0.39, 0.29) is 0 Å². The Kier molecular flexibility index (Phi) is 6.01. The second kappa shape index (κ2) is 7.63. The van der Waals surface area contributed by atoms with Gasteiger partial charge in [-0.05, 0) is 30.0 Å². The average molecular weight is 354 g/mol. The van der Waals surface area contributed by atoms with Gasteiger partial charge in [0.2, 0.25) is 10.0 Å². The first-order valence-electron chi connectivity index (χ1n) is 8.34. The van der Waals surface area contributed by atoms with Crippen LogP contribution in [-0.4, -0.2) is 60.9 Å². The molecule has 1 fully saturated rings. The molecule has 7 heteroatoms. The van der Waals surface area contributed by atoms with Crippen molar-refractivity contribution in [3.05, 3.63) is 29.8 Å². The van der Waals surface area contributed by atoms with E-state index in [2.05, 4.69) is 13.8 Å². The Morgan fingerprint density at radius 2 is 1.67 bits per heavy atom. The summed E-state index contributed by atoms with van der Waals surface area (Å²) in [5, 5.41) is 9.23. The van der Waals surface area contributed by atoms with Gasteiger partial charge in [0.25, 0.3) is 0 Å². The van der Waals surface area contributed by atoms with Crippen LogP contribution in [0.4, 0.5) is 0 Å². The van der Waals surface area contributed by atoms with Gasteiger partial charge in [-0.25, -0.2) is 8.42 Å². The van der Waals surface area contributed by atoms with Gasteiger partial charge in [-0.3, -0.25) is 9.69 Å². The van der Waals surface area contributed by atoms with Crippen LogP contribution in [0, 0.1) is 0 Å². The number of hydrogen-bond acceptors (Lipinski definition) is 4. The minimum Gasteiger partial charge on any atom is -0.480 e. The molecular weight excluding hydrogens is 328 g/mol. The maximum Gasteiger partial charge on any atom is 0.320 e. The Morgan fingerprint density at radius 3 is 2.08 bits per heavy atom. The van der Waals surface area contributed by atoms with Crippen molar-refractivity contribution in [1.29, 1.82) is 0 Å². The Bertz CT molecular complexity index is 662. The SMILES string of the molecule is CCC(C(=O)O)N1CCN(S(=O)(=O)c2ccc(C(C)C)cc2)CC1. The van der Waals surface area contributed by atoms with E-state index in [1.807, 2.05) is 24.0 Å². The van der Waals surface area contributed by atoms with Gasteiger partial charge in [0.05, 0.1) is 4.90 Å². The molecule has 24 heavy (non-hydrogen) atoms. The fourth-order valence-corrected chi connectivity index (χ4v) is 4.44. The zero-order chi connectivity index (χ0) is 17.9. The zero-order valence-corrected chi connectivity index (χ0v) is 15.3. The van der Waals surface area contributed by atoms with Crippen molar-refractivity contribution in [3.63, 3.8) is 0 Å². The van der Waals surface area contributed by atoms with Crippen LogP contribution in [0.3, 0.4) is 0 Å². The van der Waals surface area contributed by atoms with Gasteiger partial charge in [0.15, 0.2) is 0 Å². The van der Waals surface area contributed by atoms with E-state index in [0.29, 0.717) is 43.4 Å². The summed E-state index contributed by atoms with van der Waals surface area (Å²) in [6.45, 7) is 7.47. The molecule has 0 spiro atoms. The summed E-state index contributed by atoms with van der Waals surface area (Å²) in [7, 11) is -3.52. The first kappa shape index (κ1) is 18.9. The Morgan fingerprint density at radius 1 is 1.12 bits per heavy atom. The second-order valence-corrected chi connectivity index (χ2v) is 8.36. The van der Waals surface area contributed by atoms with Crippen LogP contribution in [0.2, 0.25) is 0 Å². The summed E-state index contributed by atoms with van der Waals surface area (Å²) >= 11 is 0. The van der Waals surface area contributed by atoms with Crippen molar-refractivity contribution >= 4 is 16.0 Å². The van der Waals surface area contributed by atoms with E-state index in [9.17, 15) is 18.3 Å². The molecule has 134 valence electrons. The minimum absolute atomic E-state index is 0.297. The summed E-state index contributed by atoms with van der Waals surface area (Å²) < 4.78 is 26.9. The highest BCUT2D eigenvalue weighted by Gasteiger charge is 2.32. The van der Waals surface area contributed by atoms with Gasteiger partial charge in [-0.1, -0.05) is 32.9 Å². The Hall–Kier alpha value is -1.44. The van der Waals surface area contributed by atoms with E-state index in [1.54, 1.807) is 12.1 Å². The van der Waals surface area contributed by atoms with Crippen molar-refractivity contribution in [1.82, 2.24) is 9.21 Å². The summed E-state index contributed by atoms with van der Waals surface area (Å²) in [6, 6.07) is 6.48. The van der Waals surface area contributed by atoms with Crippen LogP contribution in [0.15, 0.2) is 29.2 Å². The van der Waals surface area contributed by atoms with Crippen molar-refractivity contribution in [2.45, 2.75) is 44.0 Å². The molecule has 0 bridgehead atoms. The Balaban J connectivity index is 2.08. The van der Waals surface area contributed by atoms with Gasteiger partial charge in [-0.15, -0.1) is 0 Å². The summed E-state index contributed by atoms with van der Waals surface area (Å²) in [6.07, 6.45) is 0.513. The molecule has 1 aliphatic rings. The highest BCUT2D eigenvalue weighted by atomic mass is 32.2. The molecule has 1 aromatic rings. The van der Waals surface area contributed by atoms with E-state index < -0.39 is 22.0 Å². The first-order valence-corrected chi connectivity index (χ1v) is 9.78. The fourth-order valence-electron chi connectivity index (χ4n) is 3.02. The van der Waals surface area contributed by atoms with Gasteiger partial charge >= 0.3 is 5.97 Å².